The van der Waals surface area contributed by atoms with Crippen LogP contribution in [0, 0.1) is 0 Å². The maximum Gasteiger partial charge on any atom is 0.266 e. The molecule has 0 bridgehead atoms. The number of thioether (sulfide) groups is 2. The first kappa shape index (κ1) is 22.9. The fourth-order valence-electron chi connectivity index (χ4n) is 2.71. The molecule has 0 aliphatic carbocycles. The number of hydrogen-bond acceptors (Lipinski definition) is 8. The Kier molecular flexibility index (Phi) is 7.59. The van der Waals surface area contributed by atoms with Crippen LogP contribution in [0.25, 0.3) is 6.08 Å². The van der Waals surface area contributed by atoms with Crippen LogP contribution >= 0.6 is 58.7 Å². The van der Waals surface area contributed by atoms with Gasteiger partial charge in [0.25, 0.3) is 5.91 Å². The predicted molar refractivity (Wildman–Crippen MR) is 136 cm³/mol. The quantitative estimate of drug-likeness (QED) is 0.196. The van der Waals surface area contributed by atoms with Crippen LogP contribution in [-0.2, 0) is 15.3 Å². The van der Waals surface area contributed by atoms with E-state index in [2.05, 4.69) is 15.5 Å². The van der Waals surface area contributed by atoms with Crippen LogP contribution in [0.15, 0.2) is 63.8 Å². The van der Waals surface area contributed by atoms with Gasteiger partial charge in [0, 0.05) is 10.8 Å². The van der Waals surface area contributed by atoms with Crippen molar-refractivity contribution in [2.24, 2.45) is 0 Å². The van der Waals surface area contributed by atoms with Gasteiger partial charge in [-0.05, 0) is 23.3 Å². The molecule has 11 heteroatoms. The van der Waals surface area contributed by atoms with Crippen molar-refractivity contribution in [3.05, 3.63) is 75.7 Å². The monoisotopic (exact) mass is 518 g/mol. The van der Waals surface area contributed by atoms with Gasteiger partial charge in [-0.25, -0.2) is 0 Å². The Morgan fingerprint density at radius 1 is 1.16 bits per heavy atom. The molecule has 4 rings (SSSR count). The molecule has 2 amide bonds. The highest BCUT2D eigenvalue weighted by atomic mass is 35.5. The molecule has 2 heterocycles. The third kappa shape index (κ3) is 5.76. The largest absolute Gasteiger partial charge is 0.299 e. The zero-order chi connectivity index (χ0) is 22.5. The second-order valence-electron chi connectivity index (χ2n) is 6.48. The lowest BCUT2D eigenvalue weighted by atomic mass is 10.2. The number of amides is 2. The second-order valence-corrected chi connectivity index (χ2v) is 10.8. The van der Waals surface area contributed by atoms with Crippen molar-refractivity contribution in [3.63, 3.8) is 0 Å². The van der Waals surface area contributed by atoms with Gasteiger partial charge in [-0.15, -0.1) is 10.2 Å². The van der Waals surface area contributed by atoms with E-state index in [0.29, 0.717) is 29.5 Å². The maximum absolute atomic E-state index is 12.7. The van der Waals surface area contributed by atoms with Crippen LogP contribution in [0.2, 0.25) is 5.02 Å². The summed E-state index contributed by atoms with van der Waals surface area (Å²) >= 11 is 15.4. The standard InChI is InChI=1S/C21H15ClN4O2S4/c22-15-9-5-4-8-14(15)12-30-20-25-24-19(32-20)23-17(27)11-26-18(28)16(31-21(26)29)10-13-6-2-1-3-7-13/h1-10H,11-12H2,(H,23,24,27)/b16-10-. The number of thiocarbonyl (C=S) groups is 1. The van der Waals surface area contributed by atoms with E-state index >= 15 is 0 Å². The highest BCUT2D eigenvalue weighted by molar-refractivity contribution is 8.26. The number of halogens is 1. The van der Waals surface area contributed by atoms with Gasteiger partial charge in [-0.1, -0.05) is 107 Å². The Hall–Kier alpha value is -2.24. The number of aromatic nitrogens is 2. The smallest absolute Gasteiger partial charge is 0.266 e. The van der Waals surface area contributed by atoms with E-state index in [-0.39, 0.29) is 18.4 Å². The molecule has 1 aliphatic heterocycles. The summed E-state index contributed by atoms with van der Waals surface area (Å²) in [4.78, 5) is 26.9. The summed E-state index contributed by atoms with van der Waals surface area (Å²) in [6.45, 7) is -0.182. The maximum atomic E-state index is 12.7. The van der Waals surface area contributed by atoms with Crippen LogP contribution < -0.4 is 5.32 Å². The van der Waals surface area contributed by atoms with Gasteiger partial charge in [-0.2, -0.15) is 0 Å². The molecule has 0 spiro atoms. The van der Waals surface area contributed by atoms with Crippen LogP contribution in [0.4, 0.5) is 5.13 Å². The van der Waals surface area contributed by atoms with E-state index < -0.39 is 0 Å². The number of rotatable bonds is 7. The van der Waals surface area contributed by atoms with E-state index in [1.165, 1.54) is 39.8 Å². The molecule has 0 atom stereocenters. The molecule has 32 heavy (non-hydrogen) atoms. The molecule has 0 unspecified atom stereocenters. The van der Waals surface area contributed by atoms with Gasteiger partial charge >= 0.3 is 0 Å². The minimum Gasteiger partial charge on any atom is -0.299 e. The van der Waals surface area contributed by atoms with Crippen molar-refractivity contribution in [2.75, 3.05) is 11.9 Å². The minimum absolute atomic E-state index is 0.182. The van der Waals surface area contributed by atoms with E-state index in [1.807, 2.05) is 54.6 Å². The summed E-state index contributed by atoms with van der Waals surface area (Å²) in [6.07, 6.45) is 1.77. The molecule has 1 saturated heterocycles. The van der Waals surface area contributed by atoms with E-state index in [1.54, 1.807) is 6.08 Å². The van der Waals surface area contributed by atoms with Crippen LogP contribution in [0.1, 0.15) is 11.1 Å². The van der Waals surface area contributed by atoms with E-state index in [9.17, 15) is 9.59 Å². The molecule has 1 aliphatic rings. The lowest BCUT2D eigenvalue weighted by molar-refractivity contribution is -0.126. The third-order valence-corrected chi connectivity index (χ3v) is 8.00. The molecule has 1 fully saturated rings. The van der Waals surface area contributed by atoms with Crippen molar-refractivity contribution >= 4 is 86.0 Å². The highest BCUT2D eigenvalue weighted by Gasteiger charge is 2.33. The Balaban J connectivity index is 1.33. The molecular formula is C21H15ClN4O2S4. The molecule has 3 aromatic rings. The molecule has 2 aromatic carbocycles. The number of carbonyl (C=O) groups is 2. The first-order chi connectivity index (χ1) is 15.5. The van der Waals surface area contributed by atoms with Crippen molar-refractivity contribution in [1.82, 2.24) is 15.1 Å². The Morgan fingerprint density at radius 3 is 2.69 bits per heavy atom. The molecule has 0 saturated carbocycles. The fraction of sp³-hybridized carbons (Fsp3) is 0.0952. The first-order valence-electron chi connectivity index (χ1n) is 9.29. The van der Waals surface area contributed by atoms with E-state index in [0.717, 1.165) is 11.1 Å². The highest BCUT2D eigenvalue weighted by Crippen LogP contribution is 2.33. The Bertz CT molecular complexity index is 1200. The van der Waals surface area contributed by atoms with E-state index in [4.69, 9.17) is 23.8 Å². The molecule has 6 nitrogen and oxygen atoms in total. The normalized spacial score (nSPS) is 14.9. The van der Waals surface area contributed by atoms with Crippen LogP contribution in [-0.4, -0.2) is 37.8 Å². The van der Waals surface area contributed by atoms with Crippen LogP contribution in [0.5, 0.6) is 0 Å². The van der Waals surface area contributed by atoms with Crippen molar-refractivity contribution in [1.29, 1.82) is 0 Å². The van der Waals surface area contributed by atoms with Crippen molar-refractivity contribution < 1.29 is 9.59 Å². The Labute approximate surface area is 207 Å². The van der Waals surface area contributed by atoms with Gasteiger partial charge in [0.15, 0.2) is 4.34 Å². The molecule has 1 N–H and O–H groups in total. The lowest BCUT2D eigenvalue weighted by Gasteiger charge is -2.13. The van der Waals surface area contributed by atoms with Gasteiger partial charge < -0.3 is 0 Å². The zero-order valence-corrected chi connectivity index (χ0v) is 20.4. The average Bonchev–Trinajstić information content (AvgIpc) is 3.33. The summed E-state index contributed by atoms with van der Waals surface area (Å²) in [5.41, 5.74) is 1.89. The molecular weight excluding hydrogens is 504 g/mol. The Morgan fingerprint density at radius 2 is 1.91 bits per heavy atom. The number of nitrogens with one attached hydrogen (secondary N) is 1. The van der Waals surface area contributed by atoms with Crippen LogP contribution in [0.3, 0.4) is 0 Å². The number of hydrogen-bond donors (Lipinski definition) is 1. The summed E-state index contributed by atoms with van der Waals surface area (Å²) in [7, 11) is 0. The minimum atomic E-state index is -0.388. The van der Waals surface area contributed by atoms with Gasteiger partial charge in [-0.3, -0.25) is 19.8 Å². The molecule has 1 aromatic heterocycles. The number of nitrogens with zero attached hydrogens (tertiary/aromatic N) is 3. The number of benzene rings is 2. The average molecular weight is 519 g/mol. The third-order valence-electron chi connectivity index (χ3n) is 4.23. The topological polar surface area (TPSA) is 75.2 Å². The molecule has 162 valence electrons. The first-order valence-corrected chi connectivity index (χ1v) is 12.7. The summed E-state index contributed by atoms with van der Waals surface area (Å²) in [5, 5.41) is 11.8. The van der Waals surface area contributed by atoms with Crippen molar-refractivity contribution in [2.45, 2.75) is 10.1 Å². The van der Waals surface area contributed by atoms with Gasteiger partial charge in [0.1, 0.15) is 10.9 Å². The second kappa shape index (κ2) is 10.6. The fourth-order valence-corrected chi connectivity index (χ4v) is 6.02. The summed E-state index contributed by atoms with van der Waals surface area (Å²) in [6, 6.07) is 17.1. The number of anilines is 1. The summed E-state index contributed by atoms with van der Waals surface area (Å²) in [5.74, 6) is -0.0275. The lowest BCUT2D eigenvalue weighted by Crippen LogP contribution is -2.36. The predicted octanol–water partition coefficient (Wildman–Crippen LogP) is 5.32. The zero-order valence-electron chi connectivity index (χ0n) is 16.4. The summed E-state index contributed by atoms with van der Waals surface area (Å²) < 4.78 is 1.05. The van der Waals surface area contributed by atoms with Crippen molar-refractivity contribution in [3.8, 4) is 0 Å². The molecule has 0 radical (unpaired) electrons. The SMILES string of the molecule is O=C(CN1C(=O)/C(=C/c2ccccc2)SC1=S)Nc1nnc(SCc2ccccc2Cl)s1. The van der Waals surface area contributed by atoms with Gasteiger partial charge in [0.2, 0.25) is 11.0 Å². The number of carbonyl (C=O) groups excluding carboxylic acids is 2. The van der Waals surface area contributed by atoms with Gasteiger partial charge in [0.05, 0.1) is 4.91 Å².